The fourth-order valence-corrected chi connectivity index (χ4v) is 3.04. The lowest BCUT2D eigenvalue weighted by atomic mass is 10.0. The van der Waals surface area contributed by atoms with E-state index in [9.17, 15) is 0 Å². The number of benzene rings is 2. The summed E-state index contributed by atoms with van der Waals surface area (Å²) in [6.07, 6.45) is 5.31. The van der Waals surface area contributed by atoms with Gasteiger partial charge in [0.05, 0.1) is 11.4 Å². The van der Waals surface area contributed by atoms with Gasteiger partial charge in [-0.25, -0.2) is 9.98 Å². The molecule has 0 radical (unpaired) electrons. The summed E-state index contributed by atoms with van der Waals surface area (Å²) in [5, 5.41) is 3.27. The standard InChI is InChI=1S/C24H27N3/c1-4-5-9-16-26-24-18(2)17-22(25-3)23(27-24)21-14-12-20(13-15-21)19-10-7-6-8-11-19/h6-8,10-17,25H,4-5,9H2,1-3H3/b26-16-. The number of nitrogens with zero attached hydrogens (tertiary/aromatic N) is 2. The molecule has 0 unspecified atom stereocenters. The number of rotatable bonds is 7. The van der Waals surface area contributed by atoms with Crippen molar-refractivity contribution in [2.24, 2.45) is 4.99 Å². The van der Waals surface area contributed by atoms with Gasteiger partial charge in [-0.05, 0) is 42.5 Å². The molecule has 1 aromatic heterocycles. The molecule has 0 saturated heterocycles. The second kappa shape index (κ2) is 9.13. The van der Waals surface area contributed by atoms with E-state index in [1.807, 2.05) is 19.3 Å². The Bertz CT molecular complexity index is 897. The van der Waals surface area contributed by atoms with Crippen molar-refractivity contribution >= 4 is 17.7 Å². The zero-order chi connectivity index (χ0) is 19.1. The van der Waals surface area contributed by atoms with Crippen molar-refractivity contribution in [3.05, 3.63) is 66.2 Å². The molecule has 0 atom stereocenters. The maximum absolute atomic E-state index is 4.85. The summed E-state index contributed by atoms with van der Waals surface area (Å²) in [6, 6.07) is 21.1. The van der Waals surface area contributed by atoms with Crippen LogP contribution >= 0.6 is 0 Å². The Morgan fingerprint density at radius 1 is 0.963 bits per heavy atom. The van der Waals surface area contributed by atoms with Crippen molar-refractivity contribution in [3.8, 4) is 22.4 Å². The Morgan fingerprint density at radius 2 is 1.63 bits per heavy atom. The average Bonchev–Trinajstić information content (AvgIpc) is 2.72. The van der Waals surface area contributed by atoms with E-state index in [2.05, 4.69) is 78.8 Å². The highest BCUT2D eigenvalue weighted by Crippen LogP contribution is 2.32. The molecule has 138 valence electrons. The van der Waals surface area contributed by atoms with Crippen LogP contribution in [0.15, 0.2) is 65.7 Å². The highest BCUT2D eigenvalue weighted by Gasteiger charge is 2.10. The van der Waals surface area contributed by atoms with Crippen molar-refractivity contribution in [3.63, 3.8) is 0 Å². The molecule has 27 heavy (non-hydrogen) atoms. The molecule has 0 amide bonds. The molecule has 1 N–H and O–H groups in total. The maximum Gasteiger partial charge on any atom is 0.155 e. The van der Waals surface area contributed by atoms with Crippen molar-refractivity contribution in [1.82, 2.24) is 4.98 Å². The first-order valence-electron chi connectivity index (χ1n) is 9.60. The van der Waals surface area contributed by atoms with Crippen molar-refractivity contribution in [1.29, 1.82) is 0 Å². The van der Waals surface area contributed by atoms with E-state index in [1.54, 1.807) is 0 Å². The number of pyridine rings is 1. The normalized spacial score (nSPS) is 11.1. The average molecular weight is 358 g/mol. The van der Waals surface area contributed by atoms with Crippen molar-refractivity contribution in [2.75, 3.05) is 12.4 Å². The summed E-state index contributed by atoms with van der Waals surface area (Å²) >= 11 is 0. The van der Waals surface area contributed by atoms with Gasteiger partial charge in [0.15, 0.2) is 5.82 Å². The van der Waals surface area contributed by atoms with Crippen LogP contribution in [-0.2, 0) is 0 Å². The van der Waals surface area contributed by atoms with E-state index in [0.717, 1.165) is 41.2 Å². The van der Waals surface area contributed by atoms with Crippen LogP contribution in [0, 0.1) is 6.92 Å². The molecule has 3 aromatic rings. The van der Waals surface area contributed by atoms with Gasteiger partial charge in [-0.15, -0.1) is 0 Å². The van der Waals surface area contributed by atoms with Gasteiger partial charge in [0, 0.05) is 18.8 Å². The number of hydrogen-bond donors (Lipinski definition) is 1. The van der Waals surface area contributed by atoms with Crippen LogP contribution in [0.4, 0.5) is 11.5 Å². The van der Waals surface area contributed by atoms with E-state index in [0.29, 0.717) is 0 Å². The molecule has 0 bridgehead atoms. The summed E-state index contributed by atoms with van der Waals surface area (Å²) < 4.78 is 0. The summed E-state index contributed by atoms with van der Waals surface area (Å²) in [5.41, 5.74) is 6.55. The van der Waals surface area contributed by atoms with Crippen LogP contribution in [0.1, 0.15) is 31.7 Å². The Balaban J connectivity index is 1.93. The summed E-state index contributed by atoms with van der Waals surface area (Å²) in [7, 11) is 1.93. The predicted octanol–water partition coefficient (Wildman–Crippen LogP) is 6.66. The number of aromatic nitrogens is 1. The lowest BCUT2D eigenvalue weighted by molar-refractivity contribution is 0.842. The topological polar surface area (TPSA) is 37.3 Å². The van der Waals surface area contributed by atoms with Crippen LogP contribution < -0.4 is 5.32 Å². The van der Waals surface area contributed by atoms with Gasteiger partial charge < -0.3 is 5.32 Å². The van der Waals surface area contributed by atoms with E-state index < -0.39 is 0 Å². The number of aliphatic imine (C=N–C) groups is 1. The van der Waals surface area contributed by atoms with Crippen LogP contribution in [0.25, 0.3) is 22.4 Å². The van der Waals surface area contributed by atoms with Gasteiger partial charge in [-0.3, -0.25) is 0 Å². The van der Waals surface area contributed by atoms with Gasteiger partial charge in [0.1, 0.15) is 0 Å². The third-order valence-electron chi connectivity index (χ3n) is 4.62. The zero-order valence-corrected chi connectivity index (χ0v) is 16.4. The minimum Gasteiger partial charge on any atom is -0.386 e. The van der Waals surface area contributed by atoms with Gasteiger partial charge in [-0.2, -0.15) is 0 Å². The molecular formula is C24H27N3. The second-order valence-corrected chi connectivity index (χ2v) is 6.67. The Labute approximate surface area is 162 Å². The molecular weight excluding hydrogens is 330 g/mol. The molecule has 0 aliphatic heterocycles. The molecule has 0 aliphatic carbocycles. The molecule has 0 spiro atoms. The summed E-state index contributed by atoms with van der Waals surface area (Å²) in [5.74, 6) is 0.798. The first-order chi connectivity index (χ1) is 13.2. The minimum absolute atomic E-state index is 0.798. The fraction of sp³-hybridized carbons (Fsp3) is 0.250. The molecule has 3 heteroatoms. The first kappa shape index (κ1) is 18.8. The van der Waals surface area contributed by atoms with Gasteiger partial charge in [0.25, 0.3) is 0 Å². The number of aryl methyl sites for hydroxylation is 1. The number of unbranched alkanes of at least 4 members (excludes halogenated alkanes) is 2. The number of nitrogens with one attached hydrogen (secondary N) is 1. The smallest absolute Gasteiger partial charge is 0.155 e. The highest BCUT2D eigenvalue weighted by molar-refractivity contribution is 5.79. The molecule has 0 saturated carbocycles. The van der Waals surface area contributed by atoms with Crippen molar-refractivity contribution < 1.29 is 0 Å². The van der Waals surface area contributed by atoms with Crippen LogP contribution in [0.3, 0.4) is 0 Å². The molecule has 2 aromatic carbocycles. The zero-order valence-electron chi connectivity index (χ0n) is 16.4. The molecule has 0 aliphatic rings. The second-order valence-electron chi connectivity index (χ2n) is 6.67. The monoisotopic (exact) mass is 357 g/mol. The quantitative estimate of drug-likeness (QED) is 0.379. The largest absolute Gasteiger partial charge is 0.386 e. The maximum atomic E-state index is 4.85. The van der Waals surface area contributed by atoms with Crippen LogP contribution in [0.5, 0.6) is 0 Å². The fourth-order valence-electron chi connectivity index (χ4n) is 3.04. The number of hydrogen-bond acceptors (Lipinski definition) is 3. The van der Waals surface area contributed by atoms with Crippen molar-refractivity contribution in [2.45, 2.75) is 33.1 Å². The highest BCUT2D eigenvalue weighted by atomic mass is 14.9. The predicted molar refractivity (Wildman–Crippen MR) is 117 cm³/mol. The van der Waals surface area contributed by atoms with Crippen LogP contribution in [0.2, 0.25) is 0 Å². The van der Waals surface area contributed by atoms with Crippen LogP contribution in [-0.4, -0.2) is 18.2 Å². The van der Waals surface area contributed by atoms with E-state index in [-0.39, 0.29) is 0 Å². The SMILES string of the molecule is CCCC/C=N\c1nc(-c2ccc(-c3ccccc3)cc2)c(NC)cc1C. The van der Waals surface area contributed by atoms with E-state index in [4.69, 9.17) is 4.98 Å². The lowest BCUT2D eigenvalue weighted by Gasteiger charge is -2.12. The van der Waals surface area contributed by atoms with Gasteiger partial charge >= 0.3 is 0 Å². The lowest BCUT2D eigenvalue weighted by Crippen LogP contribution is -1.97. The summed E-state index contributed by atoms with van der Waals surface area (Å²) in [4.78, 5) is 9.46. The molecule has 3 rings (SSSR count). The number of anilines is 1. The Kier molecular flexibility index (Phi) is 6.37. The third-order valence-corrected chi connectivity index (χ3v) is 4.62. The molecule has 0 fully saturated rings. The van der Waals surface area contributed by atoms with Gasteiger partial charge in [-0.1, -0.05) is 67.9 Å². The Morgan fingerprint density at radius 3 is 2.30 bits per heavy atom. The van der Waals surface area contributed by atoms with Gasteiger partial charge in [0.2, 0.25) is 0 Å². The summed E-state index contributed by atoms with van der Waals surface area (Å²) in [6.45, 7) is 4.25. The first-order valence-corrected chi connectivity index (χ1v) is 9.60. The Hall–Kier alpha value is -2.94. The third kappa shape index (κ3) is 4.62. The van der Waals surface area contributed by atoms with E-state index >= 15 is 0 Å². The minimum atomic E-state index is 0.798. The van der Waals surface area contributed by atoms with E-state index in [1.165, 1.54) is 17.5 Å². The molecule has 1 heterocycles. The molecule has 3 nitrogen and oxygen atoms in total.